The molecule has 0 saturated carbocycles. The van der Waals surface area contributed by atoms with Crippen LogP contribution in [0.2, 0.25) is 0 Å². The molecule has 3 nitrogen and oxygen atoms in total. The Balaban J connectivity index is 2.33. The van der Waals surface area contributed by atoms with E-state index >= 15 is 0 Å². The number of aliphatic hydroxyl groups is 1. The molecule has 19 heavy (non-hydrogen) atoms. The number of benzene rings is 1. The van der Waals surface area contributed by atoms with E-state index in [1.54, 1.807) is 0 Å². The Kier molecular flexibility index (Phi) is 5.01. The van der Waals surface area contributed by atoms with Gasteiger partial charge < -0.3 is 10.4 Å². The SMILES string of the molecule is CC(C)(CO)[C@H](c1cccc(Br)c1)N1CCNCC1. The molecule has 0 unspecified atom stereocenters. The van der Waals surface area contributed by atoms with E-state index < -0.39 is 0 Å². The minimum Gasteiger partial charge on any atom is -0.396 e. The molecular formula is C15H23BrN2O. The third-order valence-corrected chi connectivity index (χ3v) is 4.32. The predicted octanol–water partition coefficient (Wildman–Crippen LogP) is 2.41. The van der Waals surface area contributed by atoms with Gasteiger partial charge >= 0.3 is 0 Å². The maximum atomic E-state index is 9.77. The summed E-state index contributed by atoms with van der Waals surface area (Å²) in [5, 5.41) is 13.2. The summed E-state index contributed by atoms with van der Waals surface area (Å²) in [4.78, 5) is 2.48. The van der Waals surface area contributed by atoms with Crippen molar-refractivity contribution in [1.82, 2.24) is 10.2 Å². The fourth-order valence-corrected chi connectivity index (χ4v) is 3.28. The Hall–Kier alpha value is -0.420. The molecule has 1 atom stereocenters. The molecule has 2 rings (SSSR count). The van der Waals surface area contributed by atoms with Gasteiger partial charge in [0.25, 0.3) is 0 Å². The topological polar surface area (TPSA) is 35.5 Å². The van der Waals surface area contributed by atoms with Gasteiger partial charge in [0, 0.05) is 48.7 Å². The van der Waals surface area contributed by atoms with Gasteiger partial charge in [-0.15, -0.1) is 0 Å². The highest BCUT2D eigenvalue weighted by Gasteiger charge is 2.35. The standard InChI is InChI=1S/C15H23BrN2O/c1-15(2,11-19)14(18-8-6-17-7-9-18)12-4-3-5-13(16)10-12/h3-5,10,14,17,19H,6-9,11H2,1-2H3/t14-/m0/s1. The summed E-state index contributed by atoms with van der Waals surface area (Å²) in [6.45, 7) is 8.56. The molecular weight excluding hydrogens is 304 g/mol. The van der Waals surface area contributed by atoms with Crippen molar-refractivity contribution in [3.8, 4) is 0 Å². The molecule has 1 aromatic rings. The van der Waals surface area contributed by atoms with Gasteiger partial charge in [0.15, 0.2) is 0 Å². The van der Waals surface area contributed by atoms with Crippen LogP contribution in [-0.2, 0) is 0 Å². The highest BCUT2D eigenvalue weighted by atomic mass is 79.9. The quantitative estimate of drug-likeness (QED) is 0.892. The van der Waals surface area contributed by atoms with Gasteiger partial charge in [0.1, 0.15) is 0 Å². The maximum absolute atomic E-state index is 9.77. The molecule has 0 spiro atoms. The number of hydrogen-bond donors (Lipinski definition) is 2. The molecule has 4 heteroatoms. The zero-order chi connectivity index (χ0) is 13.9. The van der Waals surface area contributed by atoms with Crippen LogP contribution in [0.1, 0.15) is 25.5 Å². The van der Waals surface area contributed by atoms with Crippen molar-refractivity contribution in [2.75, 3.05) is 32.8 Å². The van der Waals surface area contributed by atoms with Crippen LogP contribution < -0.4 is 5.32 Å². The van der Waals surface area contributed by atoms with Crippen molar-refractivity contribution in [3.05, 3.63) is 34.3 Å². The monoisotopic (exact) mass is 326 g/mol. The lowest BCUT2D eigenvalue weighted by Crippen LogP contribution is -2.49. The summed E-state index contributed by atoms with van der Waals surface area (Å²) >= 11 is 3.55. The summed E-state index contributed by atoms with van der Waals surface area (Å²) in [5.41, 5.74) is 1.12. The number of halogens is 1. The molecule has 0 aromatic heterocycles. The molecule has 1 aromatic carbocycles. The second kappa shape index (κ2) is 6.35. The lowest BCUT2D eigenvalue weighted by molar-refractivity contribution is 0.0305. The van der Waals surface area contributed by atoms with E-state index in [1.165, 1.54) is 5.56 Å². The molecule has 2 N–H and O–H groups in total. The number of nitrogens with zero attached hydrogens (tertiary/aromatic N) is 1. The van der Waals surface area contributed by atoms with E-state index in [4.69, 9.17) is 0 Å². The molecule has 0 radical (unpaired) electrons. The van der Waals surface area contributed by atoms with Gasteiger partial charge in [-0.2, -0.15) is 0 Å². The van der Waals surface area contributed by atoms with E-state index in [1.807, 2.05) is 6.07 Å². The Morgan fingerprint density at radius 3 is 2.63 bits per heavy atom. The lowest BCUT2D eigenvalue weighted by atomic mass is 9.80. The van der Waals surface area contributed by atoms with Gasteiger partial charge in [0.05, 0.1) is 0 Å². The van der Waals surface area contributed by atoms with E-state index in [-0.39, 0.29) is 18.1 Å². The first-order valence-electron chi connectivity index (χ1n) is 6.86. The smallest absolute Gasteiger partial charge is 0.0500 e. The zero-order valence-corrected chi connectivity index (χ0v) is 13.3. The highest BCUT2D eigenvalue weighted by Crippen LogP contribution is 2.38. The van der Waals surface area contributed by atoms with Crippen LogP contribution in [0.4, 0.5) is 0 Å². The Morgan fingerprint density at radius 2 is 2.05 bits per heavy atom. The van der Waals surface area contributed by atoms with Gasteiger partial charge in [-0.25, -0.2) is 0 Å². The number of rotatable bonds is 4. The average Bonchev–Trinajstić information content (AvgIpc) is 2.40. The third kappa shape index (κ3) is 3.57. The summed E-state index contributed by atoms with van der Waals surface area (Å²) < 4.78 is 1.10. The minimum absolute atomic E-state index is 0.155. The van der Waals surface area contributed by atoms with Crippen LogP contribution in [0.3, 0.4) is 0 Å². The van der Waals surface area contributed by atoms with Crippen molar-refractivity contribution in [1.29, 1.82) is 0 Å². The van der Waals surface area contributed by atoms with E-state index in [0.717, 1.165) is 30.7 Å². The Bertz CT molecular complexity index is 416. The summed E-state index contributed by atoms with van der Waals surface area (Å²) in [6, 6.07) is 8.70. The molecule has 0 bridgehead atoms. The molecule has 0 aliphatic carbocycles. The van der Waals surface area contributed by atoms with E-state index in [0.29, 0.717) is 0 Å². The van der Waals surface area contributed by atoms with Gasteiger partial charge in [-0.05, 0) is 17.7 Å². The van der Waals surface area contributed by atoms with Crippen molar-refractivity contribution >= 4 is 15.9 Å². The zero-order valence-electron chi connectivity index (χ0n) is 11.7. The maximum Gasteiger partial charge on any atom is 0.0500 e. The van der Waals surface area contributed by atoms with Gasteiger partial charge in [-0.3, -0.25) is 4.90 Å². The van der Waals surface area contributed by atoms with Crippen LogP contribution in [-0.4, -0.2) is 42.8 Å². The Morgan fingerprint density at radius 1 is 1.37 bits per heavy atom. The van der Waals surface area contributed by atoms with Crippen molar-refractivity contribution in [2.24, 2.45) is 5.41 Å². The molecule has 1 saturated heterocycles. The molecule has 1 heterocycles. The third-order valence-electron chi connectivity index (χ3n) is 3.83. The second-order valence-electron chi connectivity index (χ2n) is 5.89. The first-order valence-corrected chi connectivity index (χ1v) is 7.65. The number of nitrogens with one attached hydrogen (secondary N) is 1. The number of piperazine rings is 1. The summed E-state index contributed by atoms with van der Waals surface area (Å²) in [7, 11) is 0. The molecule has 1 fully saturated rings. The number of aliphatic hydroxyl groups excluding tert-OH is 1. The van der Waals surface area contributed by atoms with Crippen LogP contribution in [0.25, 0.3) is 0 Å². The second-order valence-corrected chi connectivity index (χ2v) is 6.81. The van der Waals surface area contributed by atoms with Crippen LogP contribution in [0, 0.1) is 5.41 Å². The van der Waals surface area contributed by atoms with Crippen molar-refractivity contribution in [2.45, 2.75) is 19.9 Å². The minimum atomic E-state index is -0.155. The molecule has 1 aliphatic heterocycles. The Labute approximate surface area is 124 Å². The normalized spacial score (nSPS) is 19.4. The van der Waals surface area contributed by atoms with E-state index in [9.17, 15) is 5.11 Å². The van der Waals surface area contributed by atoms with Crippen molar-refractivity contribution in [3.63, 3.8) is 0 Å². The van der Waals surface area contributed by atoms with Crippen LogP contribution in [0.5, 0.6) is 0 Å². The van der Waals surface area contributed by atoms with Crippen LogP contribution in [0.15, 0.2) is 28.7 Å². The molecule has 106 valence electrons. The summed E-state index contributed by atoms with van der Waals surface area (Å²) in [6.07, 6.45) is 0. The van der Waals surface area contributed by atoms with Gasteiger partial charge in [0.2, 0.25) is 0 Å². The average molecular weight is 327 g/mol. The lowest BCUT2D eigenvalue weighted by Gasteiger charge is -2.43. The summed E-state index contributed by atoms with van der Waals surface area (Å²) in [5.74, 6) is 0. The predicted molar refractivity (Wildman–Crippen MR) is 82.2 cm³/mol. The molecule has 1 aliphatic rings. The van der Waals surface area contributed by atoms with Crippen LogP contribution >= 0.6 is 15.9 Å². The van der Waals surface area contributed by atoms with Gasteiger partial charge in [-0.1, -0.05) is 41.9 Å². The first-order chi connectivity index (χ1) is 9.04. The molecule has 0 amide bonds. The van der Waals surface area contributed by atoms with E-state index in [2.05, 4.69) is 58.2 Å². The first kappa shape index (κ1) is 15.0. The van der Waals surface area contributed by atoms with Crippen molar-refractivity contribution < 1.29 is 5.11 Å². The largest absolute Gasteiger partial charge is 0.396 e. The fraction of sp³-hybridized carbons (Fsp3) is 0.600. The fourth-order valence-electron chi connectivity index (χ4n) is 2.86. The highest BCUT2D eigenvalue weighted by molar-refractivity contribution is 9.10. The number of hydrogen-bond acceptors (Lipinski definition) is 3.